The number of piperazine rings is 1. The number of nitrogens with zero attached hydrogens (tertiary/aromatic N) is 2. The number of hydrogen-bond acceptors (Lipinski definition) is 3. The van der Waals surface area contributed by atoms with Gasteiger partial charge in [-0.3, -0.25) is 9.69 Å². The lowest BCUT2D eigenvalue weighted by molar-refractivity contribution is -0.132. The summed E-state index contributed by atoms with van der Waals surface area (Å²) in [6, 6.07) is 22.2. The molecule has 0 aromatic heterocycles. The third kappa shape index (κ3) is 5.05. The molecule has 2 saturated heterocycles. The molecule has 0 aliphatic carbocycles. The lowest BCUT2D eigenvalue weighted by atomic mass is 10.1. The highest BCUT2D eigenvalue weighted by atomic mass is 35.5. The van der Waals surface area contributed by atoms with Gasteiger partial charge in [-0.25, -0.2) is 4.39 Å². The minimum absolute atomic E-state index is 0.181. The number of hydrogen-bond donors (Lipinski definition) is 0. The number of halogens is 2. The molecule has 4 nitrogen and oxygen atoms in total. The summed E-state index contributed by atoms with van der Waals surface area (Å²) in [4.78, 5) is 17.5. The van der Waals surface area contributed by atoms with E-state index in [0.29, 0.717) is 30.0 Å². The molecule has 5 rings (SSSR count). The second-order valence-electron chi connectivity index (χ2n) is 8.80. The molecule has 170 valence electrons. The third-order valence-electron chi connectivity index (χ3n) is 6.63. The van der Waals surface area contributed by atoms with E-state index in [4.69, 9.17) is 16.3 Å². The highest BCUT2D eigenvalue weighted by Crippen LogP contribution is 2.32. The molecule has 2 aliphatic rings. The molecule has 2 aliphatic heterocycles. The molecule has 2 atom stereocenters. The smallest absolute Gasteiger partial charge is 0.227 e. The predicted molar refractivity (Wildman–Crippen MR) is 127 cm³/mol. The zero-order chi connectivity index (χ0) is 22.8. The molecule has 6 heteroatoms. The third-order valence-corrected chi connectivity index (χ3v) is 7.00. The molecule has 33 heavy (non-hydrogen) atoms. The molecule has 0 radical (unpaired) electrons. The van der Waals surface area contributed by atoms with E-state index in [1.807, 2.05) is 42.5 Å². The van der Waals surface area contributed by atoms with E-state index in [9.17, 15) is 9.18 Å². The molecular formula is C27H26ClFN2O2. The molecule has 1 amide bonds. The Balaban J connectivity index is 1.12. The fraction of sp³-hybridized carbons (Fsp3) is 0.296. The van der Waals surface area contributed by atoms with E-state index in [1.54, 1.807) is 12.1 Å². The quantitative estimate of drug-likeness (QED) is 0.473. The van der Waals surface area contributed by atoms with Gasteiger partial charge < -0.3 is 9.64 Å². The SMILES string of the molecule is O=C(Cc1ccc(Oc2ccc(F)cc2)cc1)N1CC2CC1CN2CCc1ccccc1Cl. The Morgan fingerprint density at radius 2 is 1.64 bits per heavy atom. The van der Waals surface area contributed by atoms with Gasteiger partial charge in [-0.15, -0.1) is 0 Å². The van der Waals surface area contributed by atoms with Crippen LogP contribution < -0.4 is 4.74 Å². The summed E-state index contributed by atoms with van der Waals surface area (Å²) in [7, 11) is 0. The standard InChI is InChI=1S/C27H26ClFN2O2/c28-26-4-2-1-3-20(26)13-14-30-17-23-16-22(30)18-31(23)27(32)15-19-5-9-24(10-6-19)33-25-11-7-21(29)8-12-25/h1-12,22-23H,13-18H2. The van der Waals surface area contributed by atoms with Crippen molar-refractivity contribution in [3.8, 4) is 11.5 Å². The van der Waals surface area contributed by atoms with Crippen molar-refractivity contribution < 1.29 is 13.9 Å². The van der Waals surface area contributed by atoms with Gasteiger partial charge in [0.1, 0.15) is 17.3 Å². The lowest BCUT2D eigenvalue weighted by Gasteiger charge is -2.34. The number of amides is 1. The van der Waals surface area contributed by atoms with Gasteiger partial charge in [0.25, 0.3) is 0 Å². The summed E-state index contributed by atoms with van der Waals surface area (Å²) in [5.74, 6) is 1.12. The Kier molecular flexibility index (Phi) is 6.34. The number of carbonyl (C=O) groups is 1. The van der Waals surface area contributed by atoms with Crippen LogP contribution in [0.5, 0.6) is 11.5 Å². The fourth-order valence-corrected chi connectivity index (χ4v) is 5.11. The number of rotatable bonds is 7. The summed E-state index contributed by atoms with van der Waals surface area (Å²) < 4.78 is 18.8. The maximum Gasteiger partial charge on any atom is 0.227 e. The van der Waals surface area contributed by atoms with Crippen LogP contribution in [0.2, 0.25) is 5.02 Å². The van der Waals surface area contributed by atoms with Crippen LogP contribution in [0.25, 0.3) is 0 Å². The highest BCUT2D eigenvalue weighted by molar-refractivity contribution is 6.31. The van der Waals surface area contributed by atoms with Crippen molar-refractivity contribution in [1.29, 1.82) is 0 Å². The van der Waals surface area contributed by atoms with E-state index in [-0.39, 0.29) is 11.7 Å². The van der Waals surface area contributed by atoms with E-state index in [2.05, 4.69) is 15.9 Å². The van der Waals surface area contributed by atoms with E-state index < -0.39 is 0 Å². The number of likely N-dealkylation sites (tertiary alicyclic amines) is 2. The van der Waals surface area contributed by atoms with Gasteiger partial charge in [-0.1, -0.05) is 41.9 Å². The second-order valence-corrected chi connectivity index (χ2v) is 9.21. The molecule has 3 aromatic carbocycles. The molecule has 2 bridgehead atoms. The Hall–Kier alpha value is -2.89. The molecule has 2 fully saturated rings. The van der Waals surface area contributed by atoms with Crippen LogP contribution in [-0.4, -0.2) is 47.4 Å². The van der Waals surface area contributed by atoms with Crippen LogP contribution in [0.1, 0.15) is 17.5 Å². The van der Waals surface area contributed by atoms with Gasteiger partial charge in [0, 0.05) is 36.7 Å². The monoisotopic (exact) mass is 464 g/mol. The van der Waals surface area contributed by atoms with Crippen LogP contribution in [0, 0.1) is 5.82 Å². The molecule has 0 saturated carbocycles. The zero-order valence-electron chi connectivity index (χ0n) is 18.3. The summed E-state index contributed by atoms with van der Waals surface area (Å²) in [5.41, 5.74) is 2.14. The number of carbonyl (C=O) groups excluding carboxylic acids is 1. The molecule has 3 aromatic rings. The first-order chi connectivity index (χ1) is 16.0. The Morgan fingerprint density at radius 1 is 0.939 bits per heavy atom. The molecule has 0 spiro atoms. The van der Waals surface area contributed by atoms with Crippen molar-refractivity contribution in [1.82, 2.24) is 9.80 Å². The largest absolute Gasteiger partial charge is 0.457 e. The summed E-state index contributed by atoms with van der Waals surface area (Å²) >= 11 is 6.29. The topological polar surface area (TPSA) is 32.8 Å². The molecule has 2 heterocycles. The highest BCUT2D eigenvalue weighted by Gasteiger charge is 2.44. The van der Waals surface area contributed by atoms with Gasteiger partial charge >= 0.3 is 0 Å². The van der Waals surface area contributed by atoms with Gasteiger partial charge in [0.2, 0.25) is 5.91 Å². The van der Waals surface area contributed by atoms with Crippen molar-refractivity contribution in [3.63, 3.8) is 0 Å². The van der Waals surface area contributed by atoms with Gasteiger partial charge in [-0.2, -0.15) is 0 Å². The van der Waals surface area contributed by atoms with Gasteiger partial charge in [-0.05, 0) is 66.4 Å². The second kappa shape index (κ2) is 9.54. The first kappa shape index (κ1) is 21.9. The predicted octanol–water partition coefficient (Wildman–Crippen LogP) is 5.34. The summed E-state index contributed by atoms with van der Waals surface area (Å²) in [6.07, 6.45) is 2.38. The van der Waals surface area contributed by atoms with Crippen LogP contribution in [0.15, 0.2) is 72.8 Å². The van der Waals surface area contributed by atoms with Gasteiger partial charge in [0.15, 0.2) is 0 Å². The van der Waals surface area contributed by atoms with Crippen LogP contribution in [0.3, 0.4) is 0 Å². The normalized spacial score (nSPS) is 19.8. The zero-order valence-corrected chi connectivity index (χ0v) is 19.0. The average molecular weight is 465 g/mol. The summed E-state index contributed by atoms with van der Waals surface area (Å²) in [5, 5.41) is 0.827. The fourth-order valence-electron chi connectivity index (χ4n) is 4.88. The van der Waals surface area contributed by atoms with Crippen LogP contribution in [0.4, 0.5) is 4.39 Å². The lowest BCUT2D eigenvalue weighted by Crippen LogP contribution is -2.49. The first-order valence-corrected chi connectivity index (χ1v) is 11.7. The van der Waals surface area contributed by atoms with Crippen molar-refractivity contribution in [3.05, 3.63) is 94.8 Å². The Morgan fingerprint density at radius 3 is 2.30 bits per heavy atom. The first-order valence-electron chi connectivity index (χ1n) is 11.3. The van der Waals surface area contributed by atoms with Crippen molar-refractivity contribution in [2.45, 2.75) is 31.3 Å². The minimum atomic E-state index is -0.296. The van der Waals surface area contributed by atoms with E-state index >= 15 is 0 Å². The molecular weight excluding hydrogens is 439 g/mol. The molecule has 0 N–H and O–H groups in total. The Labute approximate surface area is 198 Å². The van der Waals surface area contributed by atoms with Crippen molar-refractivity contribution >= 4 is 17.5 Å². The maximum atomic E-state index is 13.0. The van der Waals surface area contributed by atoms with E-state index in [1.165, 1.54) is 17.7 Å². The van der Waals surface area contributed by atoms with E-state index in [0.717, 1.165) is 43.1 Å². The van der Waals surface area contributed by atoms with Crippen LogP contribution >= 0.6 is 11.6 Å². The molecule has 2 unspecified atom stereocenters. The van der Waals surface area contributed by atoms with Crippen LogP contribution in [-0.2, 0) is 17.6 Å². The minimum Gasteiger partial charge on any atom is -0.457 e. The maximum absolute atomic E-state index is 13.0. The van der Waals surface area contributed by atoms with Crippen molar-refractivity contribution in [2.24, 2.45) is 0 Å². The number of ether oxygens (including phenoxy) is 1. The Bertz CT molecular complexity index is 1120. The number of fused-ring (bicyclic) bond motifs is 2. The number of benzene rings is 3. The van der Waals surface area contributed by atoms with Crippen molar-refractivity contribution in [2.75, 3.05) is 19.6 Å². The van der Waals surface area contributed by atoms with Gasteiger partial charge in [0.05, 0.1) is 6.42 Å². The summed E-state index contributed by atoms with van der Waals surface area (Å²) in [6.45, 7) is 2.71. The average Bonchev–Trinajstić information content (AvgIpc) is 3.42.